The molecule has 2 atom stereocenters. The highest BCUT2D eigenvalue weighted by Crippen LogP contribution is 2.13. The lowest BCUT2D eigenvalue weighted by atomic mass is 10.1. The fourth-order valence-electron chi connectivity index (χ4n) is 3.54. The van der Waals surface area contributed by atoms with E-state index in [1.807, 2.05) is 0 Å². The fourth-order valence-corrected chi connectivity index (χ4v) is 3.54. The van der Waals surface area contributed by atoms with Crippen molar-refractivity contribution in [2.24, 2.45) is 5.73 Å². The van der Waals surface area contributed by atoms with Crippen LogP contribution in [0.25, 0.3) is 0 Å². The van der Waals surface area contributed by atoms with Gasteiger partial charge in [0, 0.05) is 6.42 Å². The second-order valence-corrected chi connectivity index (χ2v) is 8.69. The summed E-state index contributed by atoms with van der Waals surface area (Å²) in [5.41, 5.74) is 6.65. The van der Waals surface area contributed by atoms with E-state index in [4.69, 9.17) is 15.2 Å². The van der Waals surface area contributed by atoms with Crippen molar-refractivity contribution in [1.82, 2.24) is 0 Å². The van der Waals surface area contributed by atoms with Crippen LogP contribution in [0.5, 0.6) is 5.75 Å². The summed E-state index contributed by atoms with van der Waals surface area (Å²) in [6.07, 6.45) is 12.9. The van der Waals surface area contributed by atoms with Crippen LogP contribution < -0.4 is 5.73 Å². The molecule has 0 spiro atoms. The van der Waals surface area contributed by atoms with Crippen molar-refractivity contribution in [3.8, 4) is 5.75 Å². The average Bonchev–Trinajstić information content (AvgIpc) is 2.81. The molecule has 1 rings (SSSR count). The SMILES string of the molecule is CCCCCCCCCCCCCC(=O)OCC(CO)OC(=O)[C@@H](N)Cc1ccc(O)cc1. The minimum Gasteiger partial charge on any atom is -0.508 e. The first-order valence-electron chi connectivity index (χ1n) is 12.5. The van der Waals surface area contributed by atoms with Crippen LogP contribution in [0, 0.1) is 0 Å². The predicted molar refractivity (Wildman–Crippen MR) is 129 cm³/mol. The first kappa shape index (κ1) is 28.9. The van der Waals surface area contributed by atoms with Gasteiger partial charge in [0.25, 0.3) is 0 Å². The Kier molecular flexibility index (Phi) is 16.1. The van der Waals surface area contributed by atoms with Crippen molar-refractivity contribution in [2.75, 3.05) is 13.2 Å². The number of aliphatic hydroxyl groups is 1. The van der Waals surface area contributed by atoms with Crippen LogP contribution in [0.15, 0.2) is 24.3 Å². The molecular weight excluding hydrogens is 422 g/mol. The molecule has 0 aromatic heterocycles. The van der Waals surface area contributed by atoms with Crippen LogP contribution in [-0.4, -0.2) is 47.5 Å². The monoisotopic (exact) mass is 465 g/mol. The highest BCUT2D eigenvalue weighted by molar-refractivity contribution is 5.76. The normalized spacial score (nSPS) is 12.8. The van der Waals surface area contributed by atoms with Gasteiger partial charge in [0.05, 0.1) is 6.61 Å². The molecule has 0 radical (unpaired) electrons. The van der Waals surface area contributed by atoms with E-state index in [0.717, 1.165) is 24.8 Å². The number of benzene rings is 1. The molecule has 0 saturated carbocycles. The number of carbonyl (C=O) groups is 2. The summed E-state index contributed by atoms with van der Waals surface area (Å²) in [5, 5.41) is 18.7. The summed E-state index contributed by atoms with van der Waals surface area (Å²) >= 11 is 0. The molecule has 0 bridgehead atoms. The van der Waals surface area contributed by atoms with Crippen LogP contribution in [0.2, 0.25) is 0 Å². The average molecular weight is 466 g/mol. The summed E-state index contributed by atoms with van der Waals surface area (Å²) in [4.78, 5) is 24.1. The second-order valence-electron chi connectivity index (χ2n) is 8.69. The molecule has 0 aliphatic heterocycles. The van der Waals surface area contributed by atoms with Gasteiger partial charge in [-0.05, 0) is 30.5 Å². The van der Waals surface area contributed by atoms with E-state index < -0.39 is 24.7 Å². The van der Waals surface area contributed by atoms with E-state index in [-0.39, 0.29) is 24.7 Å². The van der Waals surface area contributed by atoms with Crippen molar-refractivity contribution < 1.29 is 29.3 Å². The quantitative estimate of drug-likeness (QED) is 0.204. The lowest BCUT2D eigenvalue weighted by Gasteiger charge is -2.18. The molecule has 0 amide bonds. The number of aliphatic hydroxyl groups excluding tert-OH is 1. The highest BCUT2D eigenvalue weighted by Gasteiger charge is 2.21. The summed E-state index contributed by atoms with van der Waals surface area (Å²) in [5.74, 6) is -0.900. The molecule has 7 heteroatoms. The minimum atomic E-state index is -0.940. The van der Waals surface area contributed by atoms with Crippen molar-refractivity contribution in [3.05, 3.63) is 29.8 Å². The van der Waals surface area contributed by atoms with Crippen molar-refractivity contribution in [3.63, 3.8) is 0 Å². The third-order valence-electron chi connectivity index (χ3n) is 5.60. The van der Waals surface area contributed by atoms with Crippen LogP contribution in [0.3, 0.4) is 0 Å². The van der Waals surface area contributed by atoms with Gasteiger partial charge >= 0.3 is 11.9 Å². The Bertz CT molecular complexity index is 649. The zero-order valence-corrected chi connectivity index (χ0v) is 20.2. The van der Waals surface area contributed by atoms with E-state index in [1.54, 1.807) is 12.1 Å². The molecule has 0 fully saturated rings. The van der Waals surface area contributed by atoms with Gasteiger partial charge in [-0.3, -0.25) is 9.59 Å². The number of hydrogen-bond donors (Lipinski definition) is 3. The highest BCUT2D eigenvalue weighted by atomic mass is 16.6. The molecule has 188 valence electrons. The molecule has 1 unspecified atom stereocenters. The lowest BCUT2D eigenvalue weighted by molar-refractivity contribution is -0.162. The number of ether oxygens (including phenoxy) is 2. The van der Waals surface area contributed by atoms with E-state index in [0.29, 0.717) is 6.42 Å². The zero-order valence-electron chi connectivity index (χ0n) is 20.2. The Morgan fingerprint density at radius 1 is 0.909 bits per heavy atom. The van der Waals surface area contributed by atoms with Gasteiger partial charge in [0.2, 0.25) is 0 Å². The second kappa shape index (κ2) is 18.3. The molecule has 4 N–H and O–H groups in total. The predicted octanol–water partition coefficient (Wildman–Crippen LogP) is 4.41. The molecule has 0 aliphatic carbocycles. The standard InChI is InChI=1S/C26H43NO6/c1-2-3-4-5-6-7-8-9-10-11-12-13-25(30)32-20-23(19-28)33-26(31)24(27)18-21-14-16-22(29)17-15-21/h14-17,23-24,28-29H,2-13,18-20,27H2,1H3/t23?,24-/m0/s1. The van der Waals surface area contributed by atoms with Gasteiger partial charge in [-0.1, -0.05) is 83.3 Å². The van der Waals surface area contributed by atoms with Gasteiger partial charge in [0.15, 0.2) is 6.10 Å². The van der Waals surface area contributed by atoms with E-state index in [2.05, 4.69) is 6.92 Å². The smallest absolute Gasteiger partial charge is 0.323 e. The Balaban J connectivity index is 2.11. The summed E-state index contributed by atoms with van der Waals surface area (Å²) < 4.78 is 10.3. The van der Waals surface area contributed by atoms with Gasteiger partial charge in [-0.25, -0.2) is 0 Å². The maximum absolute atomic E-state index is 12.2. The number of rotatable bonds is 19. The topological polar surface area (TPSA) is 119 Å². The number of nitrogens with two attached hydrogens (primary N) is 1. The molecular formula is C26H43NO6. The molecule has 0 aliphatic rings. The molecule has 0 heterocycles. The van der Waals surface area contributed by atoms with Crippen LogP contribution in [-0.2, 0) is 25.5 Å². The number of carbonyl (C=O) groups excluding carboxylic acids is 2. The van der Waals surface area contributed by atoms with E-state index >= 15 is 0 Å². The van der Waals surface area contributed by atoms with E-state index in [9.17, 15) is 19.8 Å². The minimum absolute atomic E-state index is 0.130. The Morgan fingerprint density at radius 2 is 1.45 bits per heavy atom. The number of aromatic hydroxyl groups is 1. The Morgan fingerprint density at radius 3 is 2.00 bits per heavy atom. The third kappa shape index (κ3) is 14.6. The van der Waals surface area contributed by atoms with Crippen molar-refractivity contribution in [2.45, 2.75) is 103 Å². The summed E-state index contributed by atoms with van der Waals surface area (Å²) in [6.45, 7) is 1.59. The Hall–Kier alpha value is -2.12. The Labute approximate surface area is 198 Å². The van der Waals surface area contributed by atoms with Crippen molar-refractivity contribution >= 4 is 11.9 Å². The maximum atomic E-state index is 12.2. The fraction of sp³-hybridized carbons (Fsp3) is 0.692. The lowest BCUT2D eigenvalue weighted by Crippen LogP contribution is -2.39. The van der Waals surface area contributed by atoms with Crippen molar-refractivity contribution in [1.29, 1.82) is 0 Å². The zero-order chi connectivity index (χ0) is 24.3. The third-order valence-corrected chi connectivity index (χ3v) is 5.60. The summed E-state index contributed by atoms with van der Waals surface area (Å²) in [7, 11) is 0. The number of phenols is 1. The molecule has 1 aromatic carbocycles. The van der Waals surface area contributed by atoms with Crippen LogP contribution in [0.1, 0.15) is 89.5 Å². The number of esters is 2. The van der Waals surface area contributed by atoms with Gasteiger partial charge in [-0.2, -0.15) is 0 Å². The molecule has 1 aromatic rings. The largest absolute Gasteiger partial charge is 0.508 e. The number of unbranched alkanes of at least 4 members (excludes halogenated alkanes) is 10. The van der Waals surface area contributed by atoms with Crippen LogP contribution in [0.4, 0.5) is 0 Å². The van der Waals surface area contributed by atoms with Gasteiger partial charge in [-0.15, -0.1) is 0 Å². The van der Waals surface area contributed by atoms with Crippen LogP contribution >= 0.6 is 0 Å². The number of phenolic OH excluding ortho intramolecular Hbond substituents is 1. The molecule has 0 saturated heterocycles. The number of hydrogen-bond acceptors (Lipinski definition) is 7. The van der Waals surface area contributed by atoms with E-state index in [1.165, 1.54) is 63.5 Å². The maximum Gasteiger partial charge on any atom is 0.323 e. The molecule has 33 heavy (non-hydrogen) atoms. The summed E-state index contributed by atoms with van der Waals surface area (Å²) in [6, 6.07) is 5.44. The first-order chi connectivity index (χ1) is 16.0. The van der Waals surface area contributed by atoms with Gasteiger partial charge < -0.3 is 25.4 Å². The first-order valence-corrected chi connectivity index (χ1v) is 12.5. The molecule has 7 nitrogen and oxygen atoms in total. The van der Waals surface area contributed by atoms with Gasteiger partial charge in [0.1, 0.15) is 18.4 Å².